The molecule has 1 aromatic carbocycles. The zero-order valence-electron chi connectivity index (χ0n) is 13.5. The second-order valence-corrected chi connectivity index (χ2v) is 5.82. The van der Waals surface area contributed by atoms with E-state index in [0.717, 1.165) is 11.3 Å². The van der Waals surface area contributed by atoms with E-state index >= 15 is 0 Å². The number of fused-ring (bicyclic) bond motifs is 1. The number of nitrogens with one attached hydrogen (secondary N) is 1. The van der Waals surface area contributed by atoms with Gasteiger partial charge in [0.1, 0.15) is 0 Å². The third kappa shape index (κ3) is 3.05. The fourth-order valence-electron chi connectivity index (χ4n) is 2.85. The van der Waals surface area contributed by atoms with Crippen molar-refractivity contribution < 1.29 is 19.1 Å². The third-order valence-corrected chi connectivity index (χ3v) is 4.26. The van der Waals surface area contributed by atoms with Crippen LogP contribution in [0.4, 0.5) is 5.69 Å². The number of benzene rings is 1. The minimum atomic E-state index is -0.379. The van der Waals surface area contributed by atoms with Crippen LogP contribution in [0.25, 0.3) is 0 Å². The molecule has 0 saturated carbocycles. The lowest BCUT2D eigenvalue weighted by Crippen LogP contribution is -2.37. The molecule has 6 heteroatoms. The number of nitrogens with zero attached hydrogens (tertiary/aromatic N) is 1. The lowest BCUT2D eigenvalue weighted by molar-refractivity contribution is -0.117. The first-order valence-corrected chi connectivity index (χ1v) is 8.00. The molecule has 24 heavy (non-hydrogen) atoms. The van der Waals surface area contributed by atoms with Crippen LogP contribution in [0.5, 0.6) is 0 Å². The summed E-state index contributed by atoms with van der Waals surface area (Å²) in [7, 11) is 0. The van der Waals surface area contributed by atoms with Crippen molar-refractivity contribution in [1.29, 1.82) is 0 Å². The summed E-state index contributed by atoms with van der Waals surface area (Å²) in [4.78, 5) is 26.3. The van der Waals surface area contributed by atoms with E-state index in [-0.39, 0.29) is 36.8 Å². The highest BCUT2D eigenvalue weighted by atomic mass is 16.3. The predicted octanol–water partition coefficient (Wildman–Crippen LogP) is 1.87. The molecule has 1 aromatic heterocycles. The molecule has 6 nitrogen and oxygen atoms in total. The largest absolute Gasteiger partial charge is 0.459 e. The second kappa shape index (κ2) is 6.88. The Kier molecular flexibility index (Phi) is 4.66. The molecule has 1 aliphatic heterocycles. The predicted molar refractivity (Wildman–Crippen MR) is 88.7 cm³/mol. The smallest absolute Gasteiger partial charge is 0.287 e. The summed E-state index contributed by atoms with van der Waals surface area (Å²) >= 11 is 0. The number of carbonyl (C=O) groups excluding carboxylic acids is 2. The van der Waals surface area contributed by atoms with Crippen LogP contribution in [0.1, 0.15) is 35.0 Å². The highest BCUT2D eigenvalue weighted by Crippen LogP contribution is 2.30. The number of hydrogen-bond acceptors (Lipinski definition) is 4. The molecule has 2 amide bonds. The number of aliphatic hydroxyl groups is 1. The van der Waals surface area contributed by atoms with Crippen LogP contribution in [0.3, 0.4) is 0 Å². The van der Waals surface area contributed by atoms with E-state index in [4.69, 9.17) is 4.42 Å². The molecular formula is C18H20N2O4. The van der Waals surface area contributed by atoms with Crippen molar-refractivity contribution in [1.82, 2.24) is 5.32 Å². The lowest BCUT2D eigenvalue weighted by Gasteiger charge is -2.18. The van der Waals surface area contributed by atoms with Gasteiger partial charge in [-0.25, -0.2) is 0 Å². The molecule has 3 rings (SSSR count). The number of amides is 2. The van der Waals surface area contributed by atoms with Crippen molar-refractivity contribution in [2.24, 2.45) is 0 Å². The van der Waals surface area contributed by atoms with Gasteiger partial charge >= 0.3 is 0 Å². The average molecular weight is 328 g/mol. The molecule has 1 unspecified atom stereocenters. The van der Waals surface area contributed by atoms with Crippen molar-refractivity contribution in [3.63, 3.8) is 0 Å². The van der Waals surface area contributed by atoms with E-state index in [1.54, 1.807) is 11.0 Å². The van der Waals surface area contributed by atoms with Crippen molar-refractivity contribution in [3.8, 4) is 0 Å². The van der Waals surface area contributed by atoms with Gasteiger partial charge in [0.2, 0.25) is 5.91 Å². The summed E-state index contributed by atoms with van der Waals surface area (Å²) in [6, 6.07) is 9.02. The number of anilines is 1. The van der Waals surface area contributed by atoms with Crippen molar-refractivity contribution >= 4 is 17.5 Å². The van der Waals surface area contributed by atoms with Crippen LogP contribution < -0.4 is 10.2 Å². The SMILES string of the molecule is CCC(CO)NC(=O)c1occc1CN1C(=O)Cc2ccccc21. The molecule has 2 N–H and O–H groups in total. The van der Waals surface area contributed by atoms with Gasteiger partial charge in [-0.15, -0.1) is 0 Å². The molecule has 0 saturated heterocycles. The molecule has 1 atom stereocenters. The summed E-state index contributed by atoms with van der Waals surface area (Å²) < 4.78 is 5.32. The molecule has 126 valence electrons. The lowest BCUT2D eigenvalue weighted by atomic mass is 10.1. The zero-order valence-corrected chi connectivity index (χ0v) is 13.5. The Morgan fingerprint density at radius 2 is 2.17 bits per heavy atom. The van der Waals surface area contributed by atoms with Gasteiger partial charge in [-0.05, 0) is 24.1 Å². The maximum absolute atomic E-state index is 12.3. The molecule has 0 aliphatic carbocycles. The van der Waals surface area contributed by atoms with Crippen LogP contribution in [-0.4, -0.2) is 29.6 Å². The van der Waals surface area contributed by atoms with Crippen molar-refractivity contribution in [2.45, 2.75) is 32.4 Å². The van der Waals surface area contributed by atoms with Crippen molar-refractivity contribution in [2.75, 3.05) is 11.5 Å². The monoisotopic (exact) mass is 328 g/mol. The first kappa shape index (κ1) is 16.3. The first-order valence-electron chi connectivity index (χ1n) is 8.00. The fraction of sp³-hybridized carbons (Fsp3) is 0.333. The Balaban J connectivity index is 1.79. The molecule has 0 radical (unpaired) electrons. The third-order valence-electron chi connectivity index (χ3n) is 4.26. The number of furan rings is 1. The van der Waals surface area contributed by atoms with E-state index in [1.165, 1.54) is 6.26 Å². The van der Waals surface area contributed by atoms with Gasteiger partial charge in [-0.2, -0.15) is 0 Å². The Hall–Kier alpha value is -2.60. The molecule has 1 aliphatic rings. The maximum atomic E-state index is 12.3. The normalized spacial score (nSPS) is 14.6. The van der Waals surface area contributed by atoms with Gasteiger partial charge in [0.25, 0.3) is 5.91 Å². The van der Waals surface area contributed by atoms with E-state index in [0.29, 0.717) is 18.4 Å². The number of carbonyl (C=O) groups is 2. The summed E-state index contributed by atoms with van der Waals surface area (Å²) in [5.41, 5.74) is 2.51. The molecule has 0 fully saturated rings. The summed E-state index contributed by atoms with van der Waals surface area (Å²) in [6.07, 6.45) is 2.44. The van der Waals surface area contributed by atoms with Gasteiger partial charge in [0.05, 0.1) is 31.9 Å². The van der Waals surface area contributed by atoms with Crippen LogP contribution in [0, 0.1) is 0 Å². The standard InChI is InChI=1S/C18H20N2O4/c1-2-14(11-21)19-18(23)17-13(7-8-24-17)10-20-15-6-4-3-5-12(15)9-16(20)22/h3-8,14,21H,2,9-11H2,1H3,(H,19,23). The Morgan fingerprint density at radius 3 is 2.92 bits per heavy atom. The van der Waals surface area contributed by atoms with E-state index in [2.05, 4.69) is 5.32 Å². The van der Waals surface area contributed by atoms with E-state index < -0.39 is 0 Å². The second-order valence-electron chi connectivity index (χ2n) is 5.82. The summed E-state index contributed by atoms with van der Waals surface area (Å²) in [6.45, 7) is 2.03. The fourth-order valence-corrected chi connectivity index (χ4v) is 2.85. The van der Waals surface area contributed by atoms with Crippen LogP contribution in [0.15, 0.2) is 41.0 Å². The quantitative estimate of drug-likeness (QED) is 0.848. The Bertz CT molecular complexity index is 749. The molecule has 0 spiro atoms. The van der Waals surface area contributed by atoms with E-state index in [9.17, 15) is 14.7 Å². The van der Waals surface area contributed by atoms with Crippen LogP contribution in [-0.2, 0) is 17.8 Å². The van der Waals surface area contributed by atoms with Gasteiger partial charge < -0.3 is 19.7 Å². The maximum Gasteiger partial charge on any atom is 0.287 e. The number of aliphatic hydroxyl groups excluding tert-OH is 1. The van der Waals surface area contributed by atoms with Gasteiger partial charge in [0.15, 0.2) is 5.76 Å². The highest BCUT2D eigenvalue weighted by molar-refractivity contribution is 6.01. The number of rotatable bonds is 6. The summed E-state index contributed by atoms with van der Waals surface area (Å²) in [5, 5.41) is 11.9. The molecule has 0 bridgehead atoms. The number of hydrogen-bond donors (Lipinski definition) is 2. The minimum Gasteiger partial charge on any atom is -0.459 e. The van der Waals surface area contributed by atoms with Crippen LogP contribution >= 0.6 is 0 Å². The Morgan fingerprint density at radius 1 is 1.38 bits per heavy atom. The average Bonchev–Trinajstić information content (AvgIpc) is 3.18. The topological polar surface area (TPSA) is 82.8 Å². The zero-order chi connectivity index (χ0) is 17.1. The summed E-state index contributed by atoms with van der Waals surface area (Å²) in [5.74, 6) is -0.194. The number of para-hydroxylation sites is 1. The molecule has 2 heterocycles. The molecule has 2 aromatic rings. The highest BCUT2D eigenvalue weighted by Gasteiger charge is 2.29. The van der Waals surface area contributed by atoms with Crippen molar-refractivity contribution in [3.05, 3.63) is 53.5 Å². The van der Waals surface area contributed by atoms with Gasteiger partial charge in [-0.1, -0.05) is 25.1 Å². The van der Waals surface area contributed by atoms with Gasteiger partial charge in [0, 0.05) is 11.3 Å². The minimum absolute atomic E-state index is 0.00514. The molecular weight excluding hydrogens is 308 g/mol. The Labute approximate surface area is 140 Å². The van der Waals surface area contributed by atoms with Gasteiger partial charge in [-0.3, -0.25) is 9.59 Å². The first-order chi connectivity index (χ1) is 11.6. The van der Waals surface area contributed by atoms with E-state index in [1.807, 2.05) is 31.2 Å². The van der Waals surface area contributed by atoms with Crippen LogP contribution in [0.2, 0.25) is 0 Å².